The summed E-state index contributed by atoms with van der Waals surface area (Å²) < 4.78 is 4.83. The van der Waals surface area contributed by atoms with E-state index in [1.807, 2.05) is 0 Å². The number of para-hydroxylation sites is 2. The maximum atomic E-state index is 2.46. The van der Waals surface area contributed by atoms with E-state index in [1.54, 1.807) is 0 Å². The summed E-state index contributed by atoms with van der Waals surface area (Å²) in [4.78, 5) is 0. The molecule has 0 fully saturated rings. The molecule has 0 atom stereocenters. The lowest BCUT2D eigenvalue weighted by Crippen LogP contribution is -1.95. The minimum atomic E-state index is 1.17. The van der Waals surface area contributed by atoms with Crippen molar-refractivity contribution in [3.63, 3.8) is 0 Å². The van der Waals surface area contributed by atoms with Crippen molar-refractivity contribution in [2.24, 2.45) is 0 Å². The van der Waals surface area contributed by atoms with Gasteiger partial charge in [0.1, 0.15) is 0 Å². The molecule has 10 rings (SSSR count). The van der Waals surface area contributed by atoms with E-state index in [-0.39, 0.29) is 0 Å². The van der Waals surface area contributed by atoms with E-state index in [4.69, 9.17) is 0 Å². The fourth-order valence-corrected chi connectivity index (χ4v) is 7.78. The Morgan fingerprint density at radius 2 is 0.896 bits per heavy atom. The van der Waals surface area contributed by atoms with E-state index in [2.05, 4.69) is 191 Å². The first-order chi connectivity index (χ1) is 23.8. The van der Waals surface area contributed by atoms with Crippen molar-refractivity contribution in [1.82, 2.24) is 9.13 Å². The van der Waals surface area contributed by atoms with Gasteiger partial charge in [0.25, 0.3) is 0 Å². The molecule has 0 bridgehead atoms. The summed E-state index contributed by atoms with van der Waals surface area (Å²) in [6.45, 7) is 0. The molecule has 224 valence electrons. The topological polar surface area (TPSA) is 9.86 Å². The third kappa shape index (κ3) is 4.00. The number of benzene rings is 8. The van der Waals surface area contributed by atoms with Gasteiger partial charge in [-0.25, -0.2) is 0 Å². The van der Waals surface area contributed by atoms with Gasteiger partial charge in [-0.05, 0) is 82.2 Å². The van der Waals surface area contributed by atoms with E-state index >= 15 is 0 Å². The lowest BCUT2D eigenvalue weighted by Gasteiger charge is -2.12. The molecule has 0 unspecified atom stereocenters. The summed E-state index contributed by atoms with van der Waals surface area (Å²) in [6.07, 6.45) is 0. The van der Waals surface area contributed by atoms with E-state index < -0.39 is 0 Å². The van der Waals surface area contributed by atoms with Gasteiger partial charge < -0.3 is 9.13 Å². The Balaban J connectivity index is 1.25. The van der Waals surface area contributed by atoms with Crippen LogP contribution in [0.5, 0.6) is 0 Å². The van der Waals surface area contributed by atoms with Crippen LogP contribution in [0.15, 0.2) is 182 Å². The van der Waals surface area contributed by atoms with Gasteiger partial charge in [0.05, 0.1) is 27.8 Å². The first-order valence-electron chi connectivity index (χ1n) is 16.5. The van der Waals surface area contributed by atoms with E-state index in [0.717, 1.165) is 0 Å². The van der Waals surface area contributed by atoms with Crippen LogP contribution in [0.1, 0.15) is 0 Å². The quantitative estimate of drug-likeness (QED) is 0.188. The highest BCUT2D eigenvalue weighted by Crippen LogP contribution is 2.42. The van der Waals surface area contributed by atoms with Crippen LogP contribution in [0.25, 0.3) is 88.0 Å². The smallest absolute Gasteiger partial charge is 0.0547 e. The summed E-state index contributed by atoms with van der Waals surface area (Å²) in [7, 11) is 0. The second kappa shape index (κ2) is 10.6. The normalized spacial score (nSPS) is 11.8. The summed E-state index contributed by atoms with van der Waals surface area (Å²) in [6, 6.07) is 66.2. The van der Waals surface area contributed by atoms with E-state index in [0.29, 0.717) is 0 Å². The first-order valence-corrected chi connectivity index (χ1v) is 16.5. The fraction of sp³-hybridized carbons (Fsp3) is 0. The molecule has 0 radical (unpaired) electrons. The van der Waals surface area contributed by atoms with Crippen LogP contribution in [-0.4, -0.2) is 9.13 Å². The molecule has 0 N–H and O–H groups in total. The summed E-state index contributed by atoms with van der Waals surface area (Å²) in [5, 5.41) is 7.53. The highest BCUT2D eigenvalue weighted by molar-refractivity contribution is 6.18. The van der Waals surface area contributed by atoms with Gasteiger partial charge in [0.15, 0.2) is 0 Å². The minimum absolute atomic E-state index is 1.17. The molecule has 8 aromatic carbocycles. The molecular weight excluding hydrogens is 581 g/mol. The van der Waals surface area contributed by atoms with E-state index in [1.165, 1.54) is 88.0 Å². The third-order valence-electron chi connectivity index (χ3n) is 9.90. The van der Waals surface area contributed by atoms with Gasteiger partial charge in [0.2, 0.25) is 0 Å². The first kappa shape index (κ1) is 26.8. The Kier molecular flexibility index (Phi) is 5.91. The van der Waals surface area contributed by atoms with Gasteiger partial charge in [0, 0.05) is 32.6 Å². The van der Waals surface area contributed by atoms with Crippen molar-refractivity contribution in [2.75, 3.05) is 0 Å². The second-order valence-electron chi connectivity index (χ2n) is 12.6. The van der Waals surface area contributed by atoms with Gasteiger partial charge in [-0.1, -0.05) is 127 Å². The fourth-order valence-electron chi connectivity index (χ4n) is 7.78. The van der Waals surface area contributed by atoms with Crippen molar-refractivity contribution in [2.45, 2.75) is 0 Å². The van der Waals surface area contributed by atoms with Crippen LogP contribution in [0.4, 0.5) is 0 Å². The van der Waals surface area contributed by atoms with Crippen LogP contribution >= 0.6 is 0 Å². The van der Waals surface area contributed by atoms with Crippen molar-refractivity contribution in [1.29, 1.82) is 0 Å². The van der Waals surface area contributed by atoms with E-state index in [9.17, 15) is 0 Å². The predicted molar refractivity (Wildman–Crippen MR) is 203 cm³/mol. The number of rotatable bonds is 4. The molecule has 0 aliphatic heterocycles. The summed E-state index contributed by atoms with van der Waals surface area (Å²) in [5.41, 5.74) is 12.1. The standard InChI is InChI=1S/C46H30N2/c1-3-13-32(14-4-1)37-21-12-24-45-46(37)40-30-34(26-28-44(40)48(45)41-23-11-16-31-15-7-8-19-36(31)41)33-25-27-43-39(29-33)38-20-9-10-22-42(38)47(43)35-17-5-2-6-18-35/h1-30H. The van der Waals surface area contributed by atoms with Gasteiger partial charge in [-0.2, -0.15) is 0 Å². The zero-order valence-electron chi connectivity index (χ0n) is 26.2. The SMILES string of the molecule is c1ccc(-c2cccc3c2c2cc(-c4ccc5c(c4)c4ccccc4n5-c4ccccc4)ccc2n3-c2cccc3ccccc23)cc1. The molecule has 0 saturated carbocycles. The average molecular weight is 611 g/mol. The van der Waals surface area contributed by atoms with Gasteiger partial charge in [-0.15, -0.1) is 0 Å². The summed E-state index contributed by atoms with van der Waals surface area (Å²) in [5.74, 6) is 0. The molecule has 2 nitrogen and oxygen atoms in total. The zero-order valence-corrected chi connectivity index (χ0v) is 26.2. The van der Waals surface area contributed by atoms with Crippen LogP contribution in [0.3, 0.4) is 0 Å². The Hall–Kier alpha value is -6.38. The molecule has 0 spiro atoms. The highest BCUT2D eigenvalue weighted by Gasteiger charge is 2.19. The number of hydrogen-bond donors (Lipinski definition) is 0. The zero-order chi connectivity index (χ0) is 31.6. The molecule has 0 aliphatic carbocycles. The highest BCUT2D eigenvalue weighted by atomic mass is 15.0. The molecule has 0 aliphatic rings. The number of fused-ring (bicyclic) bond motifs is 7. The van der Waals surface area contributed by atoms with Gasteiger partial charge in [-0.3, -0.25) is 0 Å². The molecule has 2 aromatic heterocycles. The van der Waals surface area contributed by atoms with Crippen molar-refractivity contribution < 1.29 is 0 Å². The molecule has 0 amide bonds. The summed E-state index contributed by atoms with van der Waals surface area (Å²) >= 11 is 0. The lowest BCUT2D eigenvalue weighted by atomic mass is 9.97. The largest absolute Gasteiger partial charge is 0.309 e. The van der Waals surface area contributed by atoms with Crippen LogP contribution in [0, 0.1) is 0 Å². The number of aromatic nitrogens is 2. The van der Waals surface area contributed by atoms with Crippen LogP contribution in [-0.2, 0) is 0 Å². The maximum absolute atomic E-state index is 2.46. The molecular formula is C46H30N2. The molecule has 0 saturated heterocycles. The molecule has 2 heteroatoms. The second-order valence-corrected chi connectivity index (χ2v) is 12.6. The average Bonchev–Trinajstić information content (AvgIpc) is 3.67. The molecule has 10 aromatic rings. The Morgan fingerprint density at radius 3 is 1.71 bits per heavy atom. The molecule has 48 heavy (non-hydrogen) atoms. The third-order valence-corrected chi connectivity index (χ3v) is 9.90. The van der Waals surface area contributed by atoms with Crippen molar-refractivity contribution >= 4 is 54.4 Å². The maximum Gasteiger partial charge on any atom is 0.0547 e. The number of nitrogens with zero attached hydrogens (tertiary/aromatic N) is 2. The van der Waals surface area contributed by atoms with Crippen molar-refractivity contribution in [3.05, 3.63) is 182 Å². The Morgan fingerprint density at radius 1 is 0.312 bits per heavy atom. The minimum Gasteiger partial charge on any atom is -0.309 e. The van der Waals surface area contributed by atoms with Crippen molar-refractivity contribution in [3.8, 4) is 33.6 Å². The van der Waals surface area contributed by atoms with Crippen LogP contribution in [0.2, 0.25) is 0 Å². The predicted octanol–water partition coefficient (Wildman–Crippen LogP) is 12.4. The van der Waals surface area contributed by atoms with Crippen LogP contribution < -0.4 is 0 Å². The monoisotopic (exact) mass is 610 g/mol. The lowest BCUT2D eigenvalue weighted by molar-refractivity contribution is 1.18. The Bertz CT molecular complexity index is 2810. The number of hydrogen-bond acceptors (Lipinski definition) is 0. The molecule has 2 heterocycles. The Labute approximate surface area is 278 Å². The van der Waals surface area contributed by atoms with Gasteiger partial charge >= 0.3 is 0 Å².